The number of benzene rings is 1. The predicted molar refractivity (Wildman–Crippen MR) is 101 cm³/mol. The average Bonchev–Trinajstić information content (AvgIpc) is 3.26. The number of hydrogen-bond acceptors (Lipinski definition) is 4. The molecule has 0 bridgehead atoms. The molecule has 0 aliphatic carbocycles. The van der Waals surface area contributed by atoms with Gasteiger partial charge in [0.2, 0.25) is 0 Å². The van der Waals surface area contributed by atoms with E-state index >= 15 is 0 Å². The Morgan fingerprint density at radius 3 is 2.77 bits per heavy atom. The van der Waals surface area contributed by atoms with Crippen molar-refractivity contribution in [1.29, 1.82) is 0 Å². The second-order valence-corrected chi connectivity index (χ2v) is 7.33. The SMILES string of the molecule is c1ccc(CN2CCO[C@H]3CN(Cc4cn5ccccc5n4)C[C@H]32)cc1. The molecule has 2 saturated heterocycles. The normalized spacial score (nSPS) is 24.2. The molecule has 1 aromatic carbocycles. The highest BCUT2D eigenvalue weighted by molar-refractivity contribution is 5.39. The zero-order chi connectivity index (χ0) is 17.3. The van der Waals surface area contributed by atoms with E-state index in [0.29, 0.717) is 12.1 Å². The quantitative estimate of drug-likeness (QED) is 0.725. The summed E-state index contributed by atoms with van der Waals surface area (Å²) in [5.74, 6) is 0. The highest BCUT2D eigenvalue weighted by Gasteiger charge is 2.40. The van der Waals surface area contributed by atoms with Crippen LogP contribution in [0, 0.1) is 0 Å². The first-order chi connectivity index (χ1) is 12.8. The second-order valence-electron chi connectivity index (χ2n) is 7.33. The Morgan fingerprint density at radius 1 is 1.00 bits per heavy atom. The van der Waals surface area contributed by atoms with Crippen molar-refractivity contribution in [2.75, 3.05) is 26.2 Å². The topological polar surface area (TPSA) is 33.0 Å². The maximum atomic E-state index is 6.09. The summed E-state index contributed by atoms with van der Waals surface area (Å²) in [4.78, 5) is 9.82. The number of rotatable bonds is 4. The van der Waals surface area contributed by atoms with Gasteiger partial charge in [0.25, 0.3) is 0 Å². The predicted octanol–water partition coefficient (Wildman–Crippen LogP) is 2.42. The van der Waals surface area contributed by atoms with Crippen molar-refractivity contribution in [3.05, 3.63) is 72.2 Å². The maximum Gasteiger partial charge on any atom is 0.137 e. The van der Waals surface area contributed by atoms with Crippen LogP contribution in [-0.2, 0) is 17.8 Å². The Kier molecular flexibility index (Phi) is 4.21. The molecule has 134 valence electrons. The molecule has 0 saturated carbocycles. The van der Waals surface area contributed by atoms with Crippen molar-refractivity contribution in [2.24, 2.45) is 0 Å². The summed E-state index contributed by atoms with van der Waals surface area (Å²) >= 11 is 0. The van der Waals surface area contributed by atoms with E-state index < -0.39 is 0 Å². The molecule has 2 atom stereocenters. The monoisotopic (exact) mass is 348 g/mol. The molecular formula is C21H24N4O. The lowest BCUT2D eigenvalue weighted by Crippen LogP contribution is -2.50. The van der Waals surface area contributed by atoms with Crippen molar-refractivity contribution >= 4 is 5.65 Å². The van der Waals surface area contributed by atoms with E-state index in [1.54, 1.807) is 0 Å². The molecular weight excluding hydrogens is 324 g/mol. The van der Waals surface area contributed by atoms with Crippen LogP contribution in [0.5, 0.6) is 0 Å². The number of nitrogens with zero attached hydrogens (tertiary/aromatic N) is 4. The van der Waals surface area contributed by atoms with Crippen LogP contribution in [0.3, 0.4) is 0 Å². The zero-order valence-corrected chi connectivity index (χ0v) is 14.9. The number of morpholine rings is 1. The van der Waals surface area contributed by atoms with Crippen LogP contribution in [0.15, 0.2) is 60.9 Å². The molecule has 5 nitrogen and oxygen atoms in total. The molecule has 4 heterocycles. The number of pyridine rings is 1. The lowest BCUT2D eigenvalue weighted by atomic mass is 10.1. The Hall–Kier alpha value is -2.21. The Morgan fingerprint density at radius 2 is 1.88 bits per heavy atom. The van der Waals surface area contributed by atoms with E-state index in [9.17, 15) is 0 Å². The molecule has 2 aromatic heterocycles. The van der Waals surface area contributed by atoms with Gasteiger partial charge >= 0.3 is 0 Å². The molecule has 2 aliphatic rings. The summed E-state index contributed by atoms with van der Waals surface area (Å²) in [6.07, 6.45) is 4.50. The van der Waals surface area contributed by atoms with Crippen LogP contribution in [0.2, 0.25) is 0 Å². The van der Waals surface area contributed by atoms with Gasteiger partial charge in [0, 0.05) is 45.1 Å². The minimum Gasteiger partial charge on any atom is -0.374 e. The molecule has 5 heteroatoms. The third-order valence-corrected chi connectivity index (χ3v) is 5.52. The van der Waals surface area contributed by atoms with Gasteiger partial charge in [-0.25, -0.2) is 4.98 Å². The van der Waals surface area contributed by atoms with Gasteiger partial charge in [0.1, 0.15) is 5.65 Å². The summed E-state index contributed by atoms with van der Waals surface area (Å²) < 4.78 is 8.18. The number of hydrogen-bond donors (Lipinski definition) is 0. The van der Waals surface area contributed by atoms with Gasteiger partial charge in [0.15, 0.2) is 0 Å². The van der Waals surface area contributed by atoms with Gasteiger partial charge in [-0.15, -0.1) is 0 Å². The van der Waals surface area contributed by atoms with E-state index in [1.807, 2.05) is 12.1 Å². The van der Waals surface area contributed by atoms with Gasteiger partial charge in [0.05, 0.1) is 24.4 Å². The van der Waals surface area contributed by atoms with Crippen LogP contribution in [-0.4, -0.2) is 57.6 Å². The first-order valence-corrected chi connectivity index (χ1v) is 9.40. The van der Waals surface area contributed by atoms with Crippen LogP contribution >= 0.6 is 0 Å². The Balaban J connectivity index is 1.28. The molecule has 0 unspecified atom stereocenters. The standard InChI is InChI=1S/C21H24N4O/c1-2-6-17(7-3-1)12-24-10-11-26-20-16-23(15-19(20)24)13-18-14-25-9-5-4-8-21(25)22-18/h1-9,14,19-20H,10-13,15-16H2/t19-,20+/m1/s1. The van der Waals surface area contributed by atoms with Crippen molar-refractivity contribution in [3.8, 4) is 0 Å². The average molecular weight is 348 g/mol. The van der Waals surface area contributed by atoms with Gasteiger partial charge in [-0.1, -0.05) is 36.4 Å². The first-order valence-electron chi connectivity index (χ1n) is 9.40. The van der Waals surface area contributed by atoms with Crippen molar-refractivity contribution in [2.45, 2.75) is 25.2 Å². The van der Waals surface area contributed by atoms with E-state index in [0.717, 1.165) is 50.7 Å². The van der Waals surface area contributed by atoms with E-state index in [4.69, 9.17) is 9.72 Å². The number of fused-ring (bicyclic) bond motifs is 2. The highest BCUT2D eigenvalue weighted by atomic mass is 16.5. The smallest absolute Gasteiger partial charge is 0.137 e. The van der Waals surface area contributed by atoms with Crippen LogP contribution in [0.4, 0.5) is 0 Å². The minimum atomic E-state index is 0.310. The summed E-state index contributed by atoms with van der Waals surface area (Å²) in [7, 11) is 0. The fraction of sp³-hybridized carbons (Fsp3) is 0.381. The third kappa shape index (κ3) is 3.14. The molecule has 3 aromatic rings. The first kappa shape index (κ1) is 16.0. The van der Waals surface area contributed by atoms with Crippen molar-refractivity contribution in [1.82, 2.24) is 19.2 Å². The fourth-order valence-electron chi connectivity index (χ4n) is 4.27. The Labute approximate surface area is 153 Å². The Bertz CT molecular complexity index is 845. The van der Waals surface area contributed by atoms with Crippen LogP contribution in [0.1, 0.15) is 11.3 Å². The molecule has 2 fully saturated rings. The van der Waals surface area contributed by atoms with Crippen molar-refractivity contribution in [3.63, 3.8) is 0 Å². The summed E-state index contributed by atoms with van der Waals surface area (Å²) in [6.45, 7) is 5.77. The lowest BCUT2D eigenvalue weighted by molar-refractivity contribution is -0.0504. The molecule has 0 radical (unpaired) electrons. The fourth-order valence-corrected chi connectivity index (χ4v) is 4.27. The largest absolute Gasteiger partial charge is 0.374 e. The summed E-state index contributed by atoms with van der Waals surface area (Å²) in [5.41, 5.74) is 3.53. The number of aromatic nitrogens is 2. The molecule has 26 heavy (non-hydrogen) atoms. The van der Waals surface area contributed by atoms with Gasteiger partial charge in [-0.3, -0.25) is 9.80 Å². The highest BCUT2D eigenvalue weighted by Crippen LogP contribution is 2.25. The van der Waals surface area contributed by atoms with E-state index in [-0.39, 0.29) is 0 Å². The van der Waals surface area contributed by atoms with Gasteiger partial charge in [-0.05, 0) is 17.7 Å². The summed E-state index contributed by atoms with van der Waals surface area (Å²) in [5, 5.41) is 0. The molecule has 0 N–H and O–H groups in total. The van der Waals surface area contributed by atoms with E-state index in [1.165, 1.54) is 5.56 Å². The molecule has 0 spiro atoms. The zero-order valence-electron chi connectivity index (χ0n) is 14.9. The van der Waals surface area contributed by atoms with Gasteiger partial charge < -0.3 is 9.14 Å². The number of imidazole rings is 1. The van der Waals surface area contributed by atoms with Crippen LogP contribution in [0.25, 0.3) is 5.65 Å². The van der Waals surface area contributed by atoms with E-state index in [2.05, 4.69) is 63.0 Å². The second kappa shape index (κ2) is 6.83. The minimum absolute atomic E-state index is 0.310. The van der Waals surface area contributed by atoms with Crippen LogP contribution < -0.4 is 0 Å². The molecule has 2 aliphatic heterocycles. The lowest BCUT2D eigenvalue weighted by Gasteiger charge is -2.37. The third-order valence-electron chi connectivity index (χ3n) is 5.52. The van der Waals surface area contributed by atoms with Gasteiger partial charge in [-0.2, -0.15) is 0 Å². The molecule has 0 amide bonds. The molecule has 5 rings (SSSR count). The summed E-state index contributed by atoms with van der Waals surface area (Å²) in [6, 6.07) is 17.4. The number of likely N-dealkylation sites (tertiary alicyclic amines) is 1. The maximum absolute atomic E-state index is 6.09. The van der Waals surface area contributed by atoms with Crippen molar-refractivity contribution < 1.29 is 4.74 Å². The number of ether oxygens (including phenoxy) is 1.